The Morgan fingerprint density at radius 2 is 2.29 bits per heavy atom. The summed E-state index contributed by atoms with van der Waals surface area (Å²) in [6.07, 6.45) is 7.40. The van der Waals surface area contributed by atoms with Gasteiger partial charge in [0.15, 0.2) is 4.77 Å². The van der Waals surface area contributed by atoms with Gasteiger partial charge in [-0.2, -0.15) is 0 Å². The van der Waals surface area contributed by atoms with E-state index in [1.807, 2.05) is 6.20 Å². The number of nitrogens with zero attached hydrogens (tertiary/aromatic N) is 1. The van der Waals surface area contributed by atoms with E-state index in [2.05, 4.69) is 16.5 Å². The second-order valence-corrected chi connectivity index (χ2v) is 5.98. The number of H-pyrrole nitrogens is 1. The molecular weight excluding hydrogens is 232 g/mol. The van der Waals surface area contributed by atoms with Crippen LogP contribution in [-0.2, 0) is 0 Å². The largest absolute Gasteiger partial charge is 0.322 e. The minimum Gasteiger partial charge on any atom is -0.322 e. The van der Waals surface area contributed by atoms with Gasteiger partial charge in [0.25, 0.3) is 5.56 Å². The van der Waals surface area contributed by atoms with Gasteiger partial charge in [-0.05, 0) is 56.2 Å². The molecule has 2 saturated carbocycles. The first-order chi connectivity index (χ1) is 8.15. The molecule has 3 nitrogen and oxygen atoms in total. The number of hydrogen-bond donors (Lipinski definition) is 1. The maximum Gasteiger partial charge on any atom is 0.251 e. The standard InChI is InChI=1S/C13H18N2OS/c1-8(11-7-9-2-3-10(11)6-9)15-5-4-12(16)14-13(15)17/h4-5,8-11H,2-3,6-7H2,1H3,(H,14,16,17). The van der Waals surface area contributed by atoms with E-state index < -0.39 is 0 Å². The molecule has 0 aliphatic heterocycles. The van der Waals surface area contributed by atoms with Gasteiger partial charge in [0, 0.05) is 18.3 Å². The lowest BCUT2D eigenvalue weighted by Gasteiger charge is -2.29. The Hall–Kier alpha value is -0.900. The van der Waals surface area contributed by atoms with Crippen LogP contribution in [0.25, 0.3) is 0 Å². The molecule has 0 aromatic carbocycles. The van der Waals surface area contributed by atoms with Crippen molar-refractivity contribution in [3.8, 4) is 0 Å². The third kappa shape index (κ3) is 1.88. The third-order valence-electron chi connectivity index (χ3n) is 4.70. The summed E-state index contributed by atoms with van der Waals surface area (Å²) >= 11 is 5.24. The Labute approximate surface area is 106 Å². The van der Waals surface area contributed by atoms with Crippen molar-refractivity contribution in [1.29, 1.82) is 0 Å². The van der Waals surface area contributed by atoms with Crippen molar-refractivity contribution in [3.05, 3.63) is 27.4 Å². The summed E-state index contributed by atoms with van der Waals surface area (Å²) in [5.41, 5.74) is -0.105. The molecule has 2 aliphatic carbocycles. The lowest BCUT2D eigenvalue weighted by Crippen LogP contribution is -2.24. The lowest BCUT2D eigenvalue weighted by molar-refractivity contribution is 0.239. The molecule has 2 fully saturated rings. The zero-order chi connectivity index (χ0) is 12.0. The molecule has 0 radical (unpaired) electrons. The Balaban J connectivity index is 1.89. The fourth-order valence-corrected chi connectivity index (χ4v) is 4.17. The first-order valence-electron chi connectivity index (χ1n) is 6.46. The highest BCUT2D eigenvalue weighted by molar-refractivity contribution is 7.71. The fourth-order valence-electron chi connectivity index (χ4n) is 3.84. The molecule has 2 bridgehead atoms. The monoisotopic (exact) mass is 250 g/mol. The molecule has 92 valence electrons. The first-order valence-corrected chi connectivity index (χ1v) is 6.87. The van der Waals surface area contributed by atoms with Gasteiger partial charge < -0.3 is 4.57 Å². The third-order valence-corrected chi connectivity index (χ3v) is 5.02. The Morgan fingerprint density at radius 3 is 2.88 bits per heavy atom. The molecule has 17 heavy (non-hydrogen) atoms. The van der Waals surface area contributed by atoms with Crippen molar-refractivity contribution >= 4 is 12.2 Å². The number of aromatic amines is 1. The van der Waals surface area contributed by atoms with Gasteiger partial charge in [0.2, 0.25) is 0 Å². The Kier molecular flexibility index (Phi) is 2.69. The van der Waals surface area contributed by atoms with Crippen molar-refractivity contribution in [3.63, 3.8) is 0 Å². The van der Waals surface area contributed by atoms with Crippen LogP contribution in [0.5, 0.6) is 0 Å². The molecule has 0 amide bonds. The summed E-state index contributed by atoms with van der Waals surface area (Å²) in [5, 5.41) is 0. The van der Waals surface area contributed by atoms with Crippen molar-refractivity contribution in [2.24, 2.45) is 17.8 Å². The predicted octanol–water partition coefficient (Wildman–Crippen LogP) is 2.90. The van der Waals surface area contributed by atoms with E-state index in [-0.39, 0.29) is 5.56 Å². The van der Waals surface area contributed by atoms with Gasteiger partial charge in [0.1, 0.15) is 0 Å². The molecule has 4 unspecified atom stereocenters. The minimum absolute atomic E-state index is 0.105. The second-order valence-electron chi connectivity index (χ2n) is 5.60. The molecule has 3 rings (SSSR count). The summed E-state index contributed by atoms with van der Waals surface area (Å²) in [6, 6.07) is 1.98. The molecule has 1 N–H and O–H groups in total. The normalized spacial score (nSPS) is 32.9. The Bertz CT molecular complexity index is 533. The molecule has 1 heterocycles. The average molecular weight is 250 g/mol. The maximum atomic E-state index is 11.2. The summed E-state index contributed by atoms with van der Waals surface area (Å²) in [5.74, 6) is 2.57. The molecule has 1 aromatic rings. The zero-order valence-electron chi connectivity index (χ0n) is 10.1. The van der Waals surface area contributed by atoms with Crippen LogP contribution in [0.2, 0.25) is 0 Å². The molecule has 4 atom stereocenters. The quantitative estimate of drug-likeness (QED) is 0.820. The lowest BCUT2D eigenvalue weighted by atomic mass is 9.84. The van der Waals surface area contributed by atoms with Crippen molar-refractivity contribution in [1.82, 2.24) is 9.55 Å². The average Bonchev–Trinajstić information content (AvgIpc) is 2.89. The van der Waals surface area contributed by atoms with Crippen LogP contribution < -0.4 is 5.56 Å². The summed E-state index contributed by atoms with van der Waals surface area (Å²) in [7, 11) is 0. The second kappa shape index (κ2) is 4.09. The molecule has 0 spiro atoms. The molecular formula is C13H18N2OS. The van der Waals surface area contributed by atoms with Crippen LogP contribution in [0, 0.1) is 22.5 Å². The first kappa shape index (κ1) is 11.2. The molecule has 1 aromatic heterocycles. The van der Waals surface area contributed by atoms with Crippen LogP contribution >= 0.6 is 12.2 Å². The van der Waals surface area contributed by atoms with Crippen LogP contribution in [0.15, 0.2) is 17.1 Å². The van der Waals surface area contributed by atoms with Crippen molar-refractivity contribution in [2.75, 3.05) is 0 Å². The topological polar surface area (TPSA) is 37.8 Å². The molecule has 0 saturated heterocycles. The number of fused-ring (bicyclic) bond motifs is 2. The Morgan fingerprint density at radius 1 is 1.47 bits per heavy atom. The van der Waals surface area contributed by atoms with E-state index >= 15 is 0 Å². The van der Waals surface area contributed by atoms with Gasteiger partial charge >= 0.3 is 0 Å². The maximum absolute atomic E-state index is 11.2. The highest BCUT2D eigenvalue weighted by Crippen LogP contribution is 2.51. The summed E-state index contributed by atoms with van der Waals surface area (Å²) < 4.78 is 2.62. The van der Waals surface area contributed by atoms with Gasteiger partial charge in [-0.3, -0.25) is 9.78 Å². The van der Waals surface area contributed by atoms with Crippen molar-refractivity contribution in [2.45, 2.75) is 38.6 Å². The minimum atomic E-state index is -0.105. The van der Waals surface area contributed by atoms with Crippen LogP contribution in [-0.4, -0.2) is 9.55 Å². The van der Waals surface area contributed by atoms with E-state index in [1.165, 1.54) is 25.7 Å². The summed E-state index contributed by atoms with van der Waals surface area (Å²) in [6.45, 7) is 2.24. The molecule has 4 heteroatoms. The fraction of sp³-hybridized carbons (Fsp3) is 0.692. The number of hydrogen-bond acceptors (Lipinski definition) is 2. The van der Waals surface area contributed by atoms with E-state index in [4.69, 9.17) is 12.2 Å². The van der Waals surface area contributed by atoms with Gasteiger partial charge in [-0.1, -0.05) is 6.42 Å². The molecule has 2 aliphatic rings. The predicted molar refractivity (Wildman–Crippen MR) is 69.5 cm³/mol. The number of aromatic nitrogens is 2. The number of nitrogens with one attached hydrogen (secondary N) is 1. The number of rotatable bonds is 2. The summed E-state index contributed by atoms with van der Waals surface area (Å²) in [4.78, 5) is 13.9. The van der Waals surface area contributed by atoms with Crippen LogP contribution in [0.1, 0.15) is 38.6 Å². The smallest absolute Gasteiger partial charge is 0.251 e. The van der Waals surface area contributed by atoms with E-state index in [9.17, 15) is 4.79 Å². The van der Waals surface area contributed by atoms with Crippen LogP contribution in [0.4, 0.5) is 0 Å². The van der Waals surface area contributed by atoms with E-state index in [0.29, 0.717) is 10.8 Å². The van der Waals surface area contributed by atoms with Gasteiger partial charge in [-0.15, -0.1) is 0 Å². The van der Waals surface area contributed by atoms with E-state index in [1.54, 1.807) is 6.07 Å². The van der Waals surface area contributed by atoms with Crippen molar-refractivity contribution < 1.29 is 0 Å². The van der Waals surface area contributed by atoms with E-state index in [0.717, 1.165) is 17.8 Å². The highest BCUT2D eigenvalue weighted by Gasteiger charge is 2.42. The van der Waals surface area contributed by atoms with Crippen LogP contribution in [0.3, 0.4) is 0 Å². The highest BCUT2D eigenvalue weighted by atomic mass is 32.1. The van der Waals surface area contributed by atoms with Gasteiger partial charge in [0.05, 0.1) is 0 Å². The zero-order valence-corrected chi connectivity index (χ0v) is 10.9. The SMILES string of the molecule is CC(C1CC2CCC1C2)n1ccc(=O)[nH]c1=S. The van der Waals surface area contributed by atoms with Gasteiger partial charge in [-0.25, -0.2) is 0 Å².